The van der Waals surface area contributed by atoms with Crippen molar-refractivity contribution in [1.29, 1.82) is 0 Å². The van der Waals surface area contributed by atoms with Crippen molar-refractivity contribution in [2.45, 2.75) is 38.5 Å². The lowest BCUT2D eigenvalue weighted by molar-refractivity contribution is -0.125. The summed E-state index contributed by atoms with van der Waals surface area (Å²) in [5, 5.41) is 2.83. The maximum atomic E-state index is 12.3. The van der Waals surface area contributed by atoms with Crippen LogP contribution in [0.25, 0.3) is 0 Å². The summed E-state index contributed by atoms with van der Waals surface area (Å²) in [5.74, 6) is 0.357. The number of amides is 1. The van der Waals surface area contributed by atoms with Crippen LogP contribution in [-0.4, -0.2) is 42.8 Å². The smallest absolute Gasteiger partial charge is 0.221 e. The Bertz CT molecular complexity index is 505. The van der Waals surface area contributed by atoms with Crippen molar-refractivity contribution in [3.05, 3.63) is 35.9 Å². The lowest BCUT2D eigenvalue weighted by Gasteiger charge is -2.40. The van der Waals surface area contributed by atoms with Gasteiger partial charge in [0.2, 0.25) is 5.91 Å². The van der Waals surface area contributed by atoms with E-state index in [9.17, 15) is 9.59 Å². The number of ketones is 1. The van der Waals surface area contributed by atoms with Crippen LogP contribution in [0.1, 0.15) is 38.7 Å². The van der Waals surface area contributed by atoms with Gasteiger partial charge in [0.15, 0.2) is 0 Å². The number of likely N-dealkylation sites (tertiary alicyclic amines) is 1. The summed E-state index contributed by atoms with van der Waals surface area (Å²) in [6, 6.07) is 10.1. The average molecular weight is 302 g/mol. The molecule has 1 aliphatic rings. The van der Waals surface area contributed by atoms with Crippen LogP contribution in [0.5, 0.6) is 0 Å². The number of rotatable bonds is 6. The number of Topliss-reactive ketones (excluding diaryl/α,β-unsaturated/α-hetero) is 1. The molecule has 0 aromatic heterocycles. The molecule has 0 unspecified atom stereocenters. The summed E-state index contributed by atoms with van der Waals surface area (Å²) >= 11 is 0. The zero-order chi connectivity index (χ0) is 16.0. The Balaban J connectivity index is 1.96. The van der Waals surface area contributed by atoms with Gasteiger partial charge < -0.3 is 10.2 Å². The molecular weight excluding hydrogens is 276 g/mol. The van der Waals surface area contributed by atoms with E-state index in [0.717, 1.165) is 38.0 Å². The first-order valence-electron chi connectivity index (χ1n) is 8.14. The van der Waals surface area contributed by atoms with Crippen molar-refractivity contribution in [2.24, 2.45) is 0 Å². The van der Waals surface area contributed by atoms with E-state index in [-0.39, 0.29) is 17.1 Å². The molecule has 0 atom stereocenters. The maximum absolute atomic E-state index is 12.3. The number of benzene rings is 1. The molecule has 0 aliphatic carbocycles. The van der Waals surface area contributed by atoms with Crippen LogP contribution in [0, 0.1) is 0 Å². The van der Waals surface area contributed by atoms with Crippen LogP contribution < -0.4 is 5.32 Å². The third-order valence-electron chi connectivity index (χ3n) is 4.74. The highest BCUT2D eigenvalue weighted by atomic mass is 16.1. The van der Waals surface area contributed by atoms with Crippen molar-refractivity contribution in [2.75, 3.05) is 26.2 Å². The zero-order valence-electron chi connectivity index (χ0n) is 13.6. The fourth-order valence-electron chi connectivity index (χ4n) is 3.30. The van der Waals surface area contributed by atoms with Gasteiger partial charge in [0.1, 0.15) is 5.78 Å². The quantitative estimate of drug-likeness (QED) is 0.876. The molecule has 4 heteroatoms. The van der Waals surface area contributed by atoms with Crippen LogP contribution in [-0.2, 0) is 15.0 Å². The molecule has 1 N–H and O–H groups in total. The first-order chi connectivity index (χ1) is 10.6. The van der Waals surface area contributed by atoms with Gasteiger partial charge in [-0.2, -0.15) is 0 Å². The Morgan fingerprint density at radius 3 is 2.36 bits per heavy atom. The number of hydrogen-bond donors (Lipinski definition) is 1. The van der Waals surface area contributed by atoms with E-state index in [4.69, 9.17) is 0 Å². The molecule has 1 fully saturated rings. The number of carbonyl (C=O) groups is 2. The van der Waals surface area contributed by atoms with Gasteiger partial charge >= 0.3 is 0 Å². The van der Waals surface area contributed by atoms with Gasteiger partial charge in [0.25, 0.3) is 0 Å². The lowest BCUT2D eigenvalue weighted by Crippen LogP contribution is -2.47. The number of hydrogen-bond acceptors (Lipinski definition) is 3. The van der Waals surface area contributed by atoms with Crippen molar-refractivity contribution < 1.29 is 9.59 Å². The lowest BCUT2D eigenvalue weighted by atomic mass is 9.70. The minimum absolute atomic E-state index is 0.106. The largest absolute Gasteiger partial charge is 0.356 e. The monoisotopic (exact) mass is 302 g/mol. The highest BCUT2D eigenvalue weighted by Gasteiger charge is 2.40. The molecule has 1 amide bonds. The van der Waals surface area contributed by atoms with Crippen molar-refractivity contribution in [3.63, 3.8) is 0 Å². The summed E-state index contributed by atoms with van der Waals surface area (Å²) in [6.07, 6.45) is 2.20. The molecule has 4 nitrogen and oxygen atoms in total. The van der Waals surface area contributed by atoms with Gasteiger partial charge in [-0.25, -0.2) is 0 Å². The van der Waals surface area contributed by atoms with Crippen molar-refractivity contribution >= 4 is 11.7 Å². The standard InChI is InChI=1S/C18H26N2O2/c1-3-19-17(22)9-12-20-13-10-18(11-14-20,15(2)21)16-7-5-4-6-8-16/h4-8H,3,9-14H2,1-2H3,(H,19,22). The molecule has 120 valence electrons. The molecular formula is C18H26N2O2. The van der Waals surface area contributed by atoms with E-state index in [2.05, 4.69) is 22.3 Å². The molecule has 1 aromatic carbocycles. The second-order valence-electron chi connectivity index (χ2n) is 6.05. The van der Waals surface area contributed by atoms with Gasteiger partial charge in [0, 0.05) is 19.5 Å². The van der Waals surface area contributed by atoms with Crippen LogP contribution in [0.3, 0.4) is 0 Å². The van der Waals surface area contributed by atoms with Crippen LogP contribution >= 0.6 is 0 Å². The van der Waals surface area contributed by atoms with Gasteiger partial charge in [0.05, 0.1) is 5.41 Å². The normalized spacial score (nSPS) is 17.9. The molecule has 0 bridgehead atoms. The molecule has 0 radical (unpaired) electrons. The number of nitrogens with one attached hydrogen (secondary N) is 1. The minimum atomic E-state index is -0.344. The SMILES string of the molecule is CCNC(=O)CCN1CCC(C(C)=O)(c2ccccc2)CC1. The third-order valence-corrected chi connectivity index (χ3v) is 4.74. The van der Waals surface area contributed by atoms with E-state index < -0.39 is 0 Å². The molecule has 1 aromatic rings. The average Bonchev–Trinajstić information content (AvgIpc) is 2.54. The maximum Gasteiger partial charge on any atom is 0.221 e. The Morgan fingerprint density at radius 1 is 1.18 bits per heavy atom. The Kier molecular flexibility index (Phi) is 5.72. The zero-order valence-corrected chi connectivity index (χ0v) is 13.6. The first kappa shape index (κ1) is 16.7. The molecule has 22 heavy (non-hydrogen) atoms. The van der Waals surface area contributed by atoms with E-state index in [1.54, 1.807) is 6.92 Å². The Morgan fingerprint density at radius 2 is 1.82 bits per heavy atom. The predicted molar refractivity (Wildman–Crippen MR) is 87.8 cm³/mol. The molecule has 1 aliphatic heterocycles. The molecule has 1 saturated heterocycles. The summed E-state index contributed by atoms with van der Waals surface area (Å²) in [6.45, 7) is 6.83. The second-order valence-corrected chi connectivity index (χ2v) is 6.05. The molecule has 1 heterocycles. The van der Waals surface area contributed by atoms with Crippen molar-refractivity contribution in [1.82, 2.24) is 10.2 Å². The van der Waals surface area contributed by atoms with Gasteiger partial charge in [-0.15, -0.1) is 0 Å². The highest BCUT2D eigenvalue weighted by molar-refractivity contribution is 5.88. The minimum Gasteiger partial charge on any atom is -0.356 e. The topological polar surface area (TPSA) is 49.4 Å². The number of carbonyl (C=O) groups excluding carboxylic acids is 2. The van der Waals surface area contributed by atoms with Gasteiger partial charge in [-0.05, 0) is 45.3 Å². The van der Waals surface area contributed by atoms with Crippen LogP contribution in [0.15, 0.2) is 30.3 Å². The van der Waals surface area contributed by atoms with E-state index in [0.29, 0.717) is 13.0 Å². The van der Waals surface area contributed by atoms with Gasteiger partial charge in [-0.3, -0.25) is 9.59 Å². The van der Waals surface area contributed by atoms with Crippen molar-refractivity contribution in [3.8, 4) is 0 Å². The predicted octanol–water partition coefficient (Wildman–Crippen LogP) is 2.14. The first-order valence-corrected chi connectivity index (χ1v) is 8.14. The Labute approximate surface area is 132 Å². The van der Waals surface area contributed by atoms with E-state index in [1.165, 1.54) is 0 Å². The third kappa shape index (κ3) is 3.74. The fourth-order valence-corrected chi connectivity index (χ4v) is 3.30. The summed E-state index contributed by atoms with van der Waals surface area (Å²) < 4.78 is 0. The summed E-state index contributed by atoms with van der Waals surface area (Å²) in [7, 11) is 0. The molecule has 2 rings (SSSR count). The molecule has 0 saturated carbocycles. The van der Waals surface area contributed by atoms with Crippen LogP contribution in [0.2, 0.25) is 0 Å². The highest BCUT2D eigenvalue weighted by Crippen LogP contribution is 2.36. The molecule has 0 spiro atoms. The summed E-state index contributed by atoms with van der Waals surface area (Å²) in [5.41, 5.74) is 0.787. The van der Waals surface area contributed by atoms with E-state index in [1.807, 2.05) is 25.1 Å². The number of nitrogens with zero attached hydrogens (tertiary/aromatic N) is 1. The van der Waals surface area contributed by atoms with Crippen LogP contribution in [0.4, 0.5) is 0 Å². The van der Waals surface area contributed by atoms with Gasteiger partial charge in [-0.1, -0.05) is 30.3 Å². The van der Waals surface area contributed by atoms with E-state index >= 15 is 0 Å². The number of piperidine rings is 1. The second kappa shape index (κ2) is 7.54. The Hall–Kier alpha value is -1.68. The summed E-state index contributed by atoms with van der Waals surface area (Å²) in [4.78, 5) is 26.1. The fraction of sp³-hybridized carbons (Fsp3) is 0.556.